The highest BCUT2D eigenvalue weighted by atomic mass is 16.5. The number of hydrogen-bond acceptors (Lipinski definition) is 2. The number of imidazole rings is 1. The summed E-state index contributed by atoms with van der Waals surface area (Å²) >= 11 is 0. The normalized spacial score (nSPS) is 11.1. The molecule has 0 N–H and O–H groups in total. The molecule has 0 atom stereocenters. The summed E-state index contributed by atoms with van der Waals surface area (Å²) in [6, 6.07) is 25.2. The quantitative estimate of drug-likeness (QED) is 0.363. The molecule has 0 amide bonds. The molecule has 0 saturated carbocycles. The van der Waals surface area contributed by atoms with E-state index in [1.807, 2.05) is 12.1 Å². The first-order chi connectivity index (χ1) is 13.7. The summed E-state index contributed by atoms with van der Waals surface area (Å²) in [7, 11) is 0. The van der Waals surface area contributed by atoms with Crippen LogP contribution in [0.3, 0.4) is 0 Å². The van der Waals surface area contributed by atoms with Gasteiger partial charge in [0.2, 0.25) is 0 Å². The Bertz CT molecular complexity index is 1070. The lowest BCUT2D eigenvalue weighted by Crippen LogP contribution is -2.04. The van der Waals surface area contributed by atoms with Crippen LogP contribution in [0.5, 0.6) is 5.75 Å². The molecule has 142 valence electrons. The van der Waals surface area contributed by atoms with E-state index >= 15 is 0 Å². The van der Waals surface area contributed by atoms with Gasteiger partial charge in [0.05, 0.1) is 17.6 Å². The fourth-order valence-electron chi connectivity index (χ4n) is 3.53. The molecule has 0 aliphatic carbocycles. The Morgan fingerprint density at radius 1 is 0.857 bits per heavy atom. The number of para-hydroxylation sites is 2. The summed E-state index contributed by atoms with van der Waals surface area (Å²) in [6.45, 7) is 5.86. The number of aromatic nitrogens is 2. The SMILES string of the molecule is Cc1ccc(C)c(OCCCCn2c(-c3ccccc3)nc3ccccc32)c1. The summed E-state index contributed by atoms with van der Waals surface area (Å²) < 4.78 is 8.35. The third kappa shape index (κ3) is 3.94. The third-order valence-electron chi connectivity index (χ3n) is 5.06. The maximum absolute atomic E-state index is 6.01. The minimum absolute atomic E-state index is 0.734. The van der Waals surface area contributed by atoms with Crippen molar-refractivity contribution in [1.82, 2.24) is 9.55 Å². The van der Waals surface area contributed by atoms with E-state index in [1.54, 1.807) is 0 Å². The van der Waals surface area contributed by atoms with Crippen LogP contribution >= 0.6 is 0 Å². The molecule has 0 fully saturated rings. The van der Waals surface area contributed by atoms with Gasteiger partial charge in [0.15, 0.2) is 0 Å². The first-order valence-electron chi connectivity index (χ1n) is 9.93. The number of rotatable bonds is 7. The van der Waals surface area contributed by atoms with Crippen LogP contribution in [0.25, 0.3) is 22.4 Å². The van der Waals surface area contributed by atoms with Gasteiger partial charge in [-0.15, -0.1) is 0 Å². The predicted molar refractivity (Wildman–Crippen MR) is 116 cm³/mol. The van der Waals surface area contributed by atoms with Crippen LogP contribution in [0.1, 0.15) is 24.0 Å². The second-order valence-corrected chi connectivity index (χ2v) is 7.27. The molecule has 1 heterocycles. The molecule has 0 unspecified atom stereocenters. The largest absolute Gasteiger partial charge is 0.493 e. The van der Waals surface area contributed by atoms with Crippen LogP contribution in [-0.2, 0) is 6.54 Å². The number of unbranched alkanes of at least 4 members (excludes halogenated alkanes) is 1. The number of hydrogen-bond donors (Lipinski definition) is 0. The third-order valence-corrected chi connectivity index (χ3v) is 5.06. The van der Waals surface area contributed by atoms with Crippen LogP contribution < -0.4 is 4.74 Å². The molecule has 28 heavy (non-hydrogen) atoms. The fourth-order valence-corrected chi connectivity index (χ4v) is 3.53. The molecule has 1 aromatic heterocycles. The van der Waals surface area contributed by atoms with Crippen molar-refractivity contribution in [3.63, 3.8) is 0 Å². The minimum Gasteiger partial charge on any atom is -0.493 e. The van der Waals surface area contributed by atoms with E-state index in [0.717, 1.165) is 48.6 Å². The van der Waals surface area contributed by atoms with Gasteiger partial charge in [0.1, 0.15) is 11.6 Å². The first-order valence-corrected chi connectivity index (χ1v) is 9.93. The lowest BCUT2D eigenvalue weighted by Gasteiger charge is -2.12. The lowest BCUT2D eigenvalue weighted by molar-refractivity contribution is 0.301. The van der Waals surface area contributed by atoms with Gasteiger partial charge in [0, 0.05) is 12.1 Å². The van der Waals surface area contributed by atoms with E-state index in [1.165, 1.54) is 16.6 Å². The average Bonchev–Trinajstić information content (AvgIpc) is 3.09. The van der Waals surface area contributed by atoms with Crippen molar-refractivity contribution >= 4 is 11.0 Å². The topological polar surface area (TPSA) is 27.1 Å². The Labute approximate surface area is 166 Å². The van der Waals surface area contributed by atoms with Gasteiger partial charge < -0.3 is 9.30 Å². The molecule has 3 heteroatoms. The Hall–Kier alpha value is -3.07. The zero-order valence-electron chi connectivity index (χ0n) is 16.6. The molecular formula is C25H26N2O. The van der Waals surface area contributed by atoms with E-state index in [-0.39, 0.29) is 0 Å². The summed E-state index contributed by atoms with van der Waals surface area (Å²) in [5.41, 5.74) is 5.82. The highest BCUT2D eigenvalue weighted by Crippen LogP contribution is 2.25. The monoisotopic (exact) mass is 370 g/mol. The van der Waals surface area contributed by atoms with Gasteiger partial charge >= 0.3 is 0 Å². The number of benzene rings is 3. The maximum Gasteiger partial charge on any atom is 0.141 e. The molecule has 3 nitrogen and oxygen atoms in total. The second-order valence-electron chi connectivity index (χ2n) is 7.27. The van der Waals surface area contributed by atoms with Crippen LogP contribution in [0.15, 0.2) is 72.8 Å². The van der Waals surface area contributed by atoms with Crippen LogP contribution in [0.2, 0.25) is 0 Å². The van der Waals surface area contributed by atoms with E-state index in [9.17, 15) is 0 Å². The van der Waals surface area contributed by atoms with E-state index < -0.39 is 0 Å². The van der Waals surface area contributed by atoms with E-state index in [4.69, 9.17) is 9.72 Å². The number of aryl methyl sites for hydroxylation is 3. The molecule has 3 aromatic carbocycles. The Kier molecular flexibility index (Phi) is 5.43. The average molecular weight is 370 g/mol. The molecule has 0 saturated heterocycles. The zero-order valence-corrected chi connectivity index (χ0v) is 16.6. The van der Waals surface area contributed by atoms with Crippen molar-refractivity contribution in [1.29, 1.82) is 0 Å². The second kappa shape index (κ2) is 8.30. The van der Waals surface area contributed by atoms with Crippen LogP contribution in [-0.4, -0.2) is 16.2 Å². The van der Waals surface area contributed by atoms with Gasteiger partial charge in [-0.25, -0.2) is 4.98 Å². The van der Waals surface area contributed by atoms with Crippen molar-refractivity contribution in [2.24, 2.45) is 0 Å². The molecule has 0 spiro atoms. The van der Waals surface area contributed by atoms with Gasteiger partial charge in [-0.1, -0.05) is 54.6 Å². The molecule has 0 bridgehead atoms. The molecular weight excluding hydrogens is 344 g/mol. The maximum atomic E-state index is 6.01. The number of fused-ring (bicyclic) bond motifs is 1. The fraction of sp³-hybridized carbons (Fsp3) is 0.240. The Balaban J connectivity index is 1.45. The smallest absolute Gasteiger partial charge is 0.141 e. The lowest BCUT2D eigenvalue weighted by atomic mass is 10.1. The van der Waals surface area contributed by atoms with Crippen molar-refractivity contribution in [2.75, 3.05) is 6.61 Å². The van der Waals surface area contributed by atoms with Crippen LogP contribution in [0.4, 0.5) is 0 Å². The molecule has 4 aromatic rings. The molecule has 0 aliphatic heterocycles. The summed E-state index contributed by atoms with van der Waals surface area (Å²) in [5, 5.41) is 0. The van der Waals surface area contributed by atoms with Gasteiger partial charge in [-0.3, -0.25) is 0 Å². The predicted octanol–water partition coefficient (Wildman–Crippen LogP) is 6.18. The first kappa shape index (κ1) is 18.3. The van der Waals surface area contributed by atoms with Crippen molar-refractivity contribution in [2.45, 2.75) is 33.2 Å². The minimum atomic E-state index is 0.734. The summed E-state index contributed by atoms with van der Waals surface area (Å²) in [4.78, 5) is 4.88. The summed E-state index contributed by atoms with van der Waals surface area (Å²) in [6.07, 6.45) is 2.05. The number of nitrogens with zero attached hydrogens (tertiary/aromatic N) is 2. The van der Waals surface area contributed by atoms with Crippen molar-refractivity contribution in [3.05, 3.63) is 83.9 Å². The Morgan fingerprint density at radius 3 is 2.50 bits per heavy atom. The summed E-state index contributed by atoms with van der Waals surface area (Å²) in [5.74, 6) is 2.04. The van der Waals surface area contributed by atoms with Crippen LogP contribution in [0, 0.1) is 13.8 Å². The highest BCUT2D eigenvalue weighted by molar-refractivity contribution is 5.80. The number of ether oxygens (including phenoxy) is 1. The van der Waals surface area contributed by atoms with E-state index in [0.29, 0.717) is 0 Å². The standard InChI is InChI=1S/C25H26N2O/c1-19-14-15-20(2)24(18-19)28-17-9-8-16-27-23-13-7-6-12-22(23)26-25(27)21-10-4-3-5-11-21/h3-7,10-15,18H,8-9,16-17H2,1-2H3. The van der Waals surface area contributed by atoms with E-state index in [2.05, 4.69) is 79.1 Å². The zero-order chi connectivity index (χ0) is 19.3. The molecule has 4 rings (SSSR count). The highest BCUT2D eigenvalue weighted by Gasteiger charge is 2.11. The molecule has 0 radical (unpaired) electrons. The molecule has 0 aliphatic rings. The van der Waals surface area contributed by atoms with Crippen molar-refractivity contribution in [3.8, 4) is 17.1 Å². The van der Waals surface area contributed by atoms with Gasteiger partial charge in [-0.05, 0) is 56.0 Å². The van der Waals surface area contributed by atoms with Crippen molar-refractivity contribution < 1.29 is 4.74 Å². The van der Waals surface area contributed by atoms with Gasteiger partial charge in [-0.2, -0.15) is 0 Å². The van der Waals surface area contributed by atoms with Gasteiger partial charge in [0.25, 0.3) is 0 Å². The Morgan fingerprint density at radius 2 is 1.64 bits per heavy atom.